The topological polar surface area (TPSA) is 64.4 Å². The molecule has 0 saturated carbocycles. The quantitative estimate of drug-likeness (QED) is 0.434. The van der Waals surface area contributed by atoms with Gasteiger partial charge in [0.15, 0.2) is 5.16 Å². The van der Waals surface area contributed by atoms with Crippen LogP contribution in [0.1, 0.15) is 12.0 Å². The van der Waals surface area contributed by atoms with E-state index < -0.39 is 16.2 Å². The second kappa shape index (κ2) is 8.11. The molecule has 2 aliphatic heterocycles. The lowest BCUT2D eigenvalue weighted by molar-refractivity contribution is 0.146. The van der Waals surface area contributed by atoms with Crippen molar-refractivity contribution in [2.24, 2.45) is 13.0 Å². The van der Waals surface area contributed by atoms with Crippen LogP contribution in [-0.4, -0.2) is 53.9 Å². The number of aryl methyl sites for hydroxylation is 1. The smallest absolute Gasteiger partial charge is 0.244 e. The van der Waals surface area contributed by atoms with E-state index in [9.17, 15) is 12.8 Å². The fourth-order valence-electron chi connectivity index (χ4n) is 3.52. The number of fused-ring (bicyclic) bond motifs is 1. The van der Waals surface area contributed by atoms with Crippen LogP contribution in [0.25, 0.3) is 0 Å². The van der Waals surface area contributed by atoms with E-state index >= 15 is 0 Å². The van der Waals surface area contributed by atoms with Gasteiger partial charge in [-0.15, -0.1) is 0 Å². The van der Waals surface area contributed by atoms with Gasteiger partial charge in [0.25, 0.3) is 0 Å². The Morgan fingerprint density at radius 2 is 2.25 bits per heavy atom. The average Bonchev–Trinajstić information content (AvgIpc) is 3.28. The van der Waals surface area contributed by atoms with Gasteiger partial charge in [-0.2, -0.15) is 4.31 Å². The third-order valence-corrected chi connectivity index (χ3v) is 9.61. The molecule has 4 rings (SSSR count). The number of imidazole rings is 1. The summed E-state index contributed by atoms with van der Waals surface area (Å²) in [6.45, 7) is 0.802. The van der Waals surface area contributed by atoms with Crippen LogP contribution in [0.2, 0.25) is 0 Å². The molecule has 1 saturated heterocycles. The third kappa shape index (κ3) is 3.92. The van der Waals surface area contributed by atoms with Crippen molar-refractivity contribution in [2.45, 2.75) is 29.1 Å². The molecule has 152 valence electrons. The van der Waals surface area contributed by atoms with Crippen molar-refractivity contribution < 1.29 is 17.5 Å². The fraction of sp³-hybridized carbons (Fsp3) is 0.500. The van der Waals surface area contributed by atoms with E-state index in [4.69, 9.17) is 4.74 Å². The minimum atomic E-state index is -3.73. The zero-order chi connectivity index (χ0) is 19.9. The second-order valence-electron chi connectivity index (χ2n) is 7.05. The van der Waals surface area contributed by atoms with Crippen LogP contribution in [0, 0.1) is 9.49 Å². The Kier molecular flexibility index (Phi) is 5.92. The summed E-state index contributed by atoms with van der Waals surface area (Å²) in [6.07, 6.45) is 3.59. The Morgan fingerprint density at radius 3 is 2.96 bits per heavy atom. The van der Waals surface area contributed by atoms with E-state index in [1.54, 1.807) is 18.3 Å². The number of rotatable bonds is 5. The van der Waals surface area contributed by atoms with Crippen molar-refractivity contribution in [1.82, 2.24) is 13.9 Å². The first kappa shape index (κ1) is 20.4. The molecule has 0 spiro atoms. The van der Waals surface area contributed by atoms with Crippen LogP contribution < -0.4 is 4.74 Å². The molecular formula is C18H21FIN3O3S2. The molecule has 1 aromatic heterocycles. The first-order valence-electron chi connectivity index (χ1n) is 9.06. The number of alkyl halides is 1. The highest BCUT2D eigenvalue weighted by molar-refractivity contribution is 14.1. The van der Waals surface area contributed by atoms with Crippen molar-refractivity contribution in [2.75, 3.05) is 25.4 Å². The number of aromatic nitrogens is 2. The first-order chi connectivity index (χ1) is 13.4. The molecular weight excluding hydrogens is 516 g/mol. The van der Waals surface area contributed by atoms with E-state index in [1.165, 1.54) is 16.1 Å². The molecule has 28 heavy (non-hydrogen) atoms. The van der Waals surface area contributed by atoms with E-state index in [-0.39, 0.29) is 17.4 Å². The lowest BCUT2D eigenvalue weighted by Crippen LogP contribution is -2.45. The van der Waals surface area contributed by atoms with Crippen LogP contribution >= 0.6 is 34.4 Å². The van der Waals surface area contributed by atoms with E-state index in [2.05, 4.69) is 4.98 Å². The fourth-order valence-corrected chi connectivity index (χ4v) is 7.49. The maximum Gasteiger partial charge on any atom is 0.244 e. The van der Waals surface area contributed by atoms with E-state index in [1.807, 2.05) is 40.4 Å². The zero-order valence-electron chi connectivity index (χ0n) is 15.3. The second-order valence-corrected chi connectivity index (χ2v) is 11.1. The Hall–Kier alpha value is -0.850. The normalized spacial score (nSPS) is 22.8. The molecule has 1 fully saturated rings. The summed E-state index contributed by atoms with van der Waals surface area (Å²) < 4.78 is 50.4. The number of hydrogen-bond acceptors (Lipinski definition) is 5. The molecule has 0 aliphatic carbocycles. The highest BCUT2D eigenvalue weighted by Gasteiger charge is 2.37. The minimum Gasteiger partial charge on any atom is -0.493 e. The number of piperidine rings is 1. The van der Waals surface area contributed by atoms with Gasteiger partial charge in [0.1, 0.15) is 11.9 Å². The zero-order valence-corrected chi connectivity index (χ0v) is 19.1. The molecule has 6 nitrogen and oxygen atoms in total. The average molecular weight is 537 g/mol. The van der Waals surface area contributed by atoms with Crippen molar-refractivity contribution in [3.05, 3.63) is 33.7 Å². The van der Waals surface area contributed by atoms with Gasteiger partial charge in [0.2, 0.25) is 10.0 Å². The number of thioether (sulfide) groups is 1. The molecule has 2 aliphatic rings. The summed E-state index contributed by atoms with van der Waals surface area (Å²) in [4.78, 5) is 4.50. The van der Waals surface area contributed by atoms with Crippen molar-refractivity contribution in [3.63, 3.8) is 0 Å². The molecule has 2 unspecified atom stereocenters. The molecule has 0 radical (unpaired) electrons. The Bertz CT molecular complexity index is 982. The highest BCUT2D eigenvalue weighted by Crippen LogP contribution is 2.35. The molecule has 0 bridgehead atoms. The van der Waals surface area contributed by atoms with Crippen LogP contribution in [0.4, 0.5) is 4.39 Å². The molecule has 3 heterocycles. The van der Waals surface area contributed by atoms with Gasteiger partial charge in [-0.1, -0.05) is 11.8 Å². The SMILES string of the molecule is Cn1ccnc1SCC1CCN(S(=O)(=O)c2cc3c(cc2I)OCC3)CC1F. The van der Waals surface area contributed by atoms with Gasteiger partial charge in [-0.3, -0.25) is 0 Å². The van der Waals surface area contributed by atoms with Gasteiger partial charge >= 0.3 is 0 Å². The largest absolute Gasteiger partial charge is 0.493 e. The number of benzene rings is 1. The number of halogens is 2. The van der Waals surface area contributed by atoms with Gasteiger partial charge in [0.05, 0.1) is 11.5 Å². The van der Waals surface area contributed by atoms with Gasteiger partial charge in [0, 0.05) is 54.2 Å². The van der Waals surface area contributed by atoms with Crippen LogP contribution in [0.3, 0.4) is 0 Å². The van der Waals surface area contributed by atoms with E-state index in [0.29, 0.717) is 35.3 Å². The Labute approximate surface area is 182 Å². The van der Waals surface area contributed by atoms with Crippen LogP contribution in [-0.2, 0) is 23.5 Å². The summed E-state index contributed by atoms with van der Waals surface area (Å²) in [5.41, 5.74) is 0.900. The predicted molar refractivity (Wildman–Crippen MR) is 114 cm³/mol. The Morgan fingerprint density at radius 1 is 1.43 bits per heavy atom. The molecule has 2 atom stereocenters. The standard InChI is InChI=1S/C18H21FIN3O3S2/c1-22-6-4-21-18(22)27-11-13-2-5-23(10-14(13)19)28(24,25)17-8-12-3-7-26-16(12)9-15(17)20/h4,6,8-9,13-14H,2-3,5,7,10-11H2,1H3. The van der Waals surface area contributed by atoms with Crippen LogP contribution in [0.15, 0.2) is 34.6 Å². The molecule has 1 aromatic carbocycles. The summed E-state index contributed by atoms with van der Waals surface area (Å²) >= 11 is 3.53. The number of sulfonamides is 1. The molecule has 2 aromatic rings. The monoisotopic (exact) mass is 537 g/mol. The molecule has 0 amide bonds. The lowest BCUT2D eigenvalue weighted by Gasteiger charge is -2.34. The molecule has 0 N–H and O–H groups in total. The number of ether oxygens (including phenoxy) is 1. The first-order valence-corrected chi connectivity index (χ1v) is 12.6. The highest BCUT2D eigenvalue weighted by atomic mass is 127. The number of hydrogen-bond donors (Lipinski definition) is 0. The van der Waals surface area contributed by atoms with Gasteiger partial charge in [-0.25, -0.2) is 17.8 Å². The third-order valence-electron chi connectivity index (χ3n) is 5.20. The van der Waals surface area contributed by atoms with E-state index in [0.717, 1.165) is 16.5 Å². The summed E-state index contributed by atoms with van der Waals surface area (Å²) in [5.74, 6) is 1.16. The van der Waals surface area contributed by atoms with Crippen molar-refractivity contribution in [3.8, 4) is 5.75 Å². The minimum absolute atomic E-state index is 0.0994. The summed E-state index contributed by atoms with van der Waals surface area (Å²) in [6, 6.07) is 3.45. The maximum absolute atomic E-state index is 14.8. The maximum atomic E-state index is 14.8. The van der Waals surface area contributed by atoms with Crippen LogP contribution in [0.5, 0.6) is 5.75 Å². The summed E-state index contributed by atoms with van der Waals surface area (Å²) in [7, 11) is -1.82. The molecule has 10 heteroatoms. The predicted octanol–water partition coefficient (Wildman–Crippen LogP) is 3.10. The van der Waals surface area contributed by atoms with Gasteiger partial charge < -0.3 is 9.30 Å². The lowest BCUT2D eigenvalue weighted by atomic mass is 9.98. The Balaban J connectivity index is 1.45. The number of nitrogens with zero attached hydrogens (tertiary/aromatic N) is 3. The van der Waals surface area contributed by atoms with Gasteiger partial charge in [-0.05, 0) is 46.7 Å². The van der Waals surface area contributed by atoms with Crippen molar-refractivity contribution >= 4 is 44.4 Å². The van der Waals surface area contributed by atoms with Crippen molar-refractivity contribution in [1.29, 1.82) is 0 Å². The summed E-state index contributed by atoms with van der Waals surface area (Å²) in [5, 5.41) is 0.845.